The molecule has 0 aliphatic rings. The van der Waals surface area contributed by atoms with Crippen LogP contribution in [-0.2, 0) is 9.84 Å². The van der Waals surface area contributed by atoms with Gasteiger partial charge in [0.1, 0.15) is 6.07 Å². The molecular weight excluding hydrogens is 292 g/mol. The molecule has 0 fully saturated rings. The Labute approximate surface area is 123 Å². The number of rotatable bonds is 3. The molecule has 0 bridgehead atoms. The van der Waals surface area contributed by atoms with Gasteiger partial charge in [-0.3, -0.25) is 4.79 Å². The largest absolute Gasteiger partial charge is 0.370 e. The van der Waals surface area contributed by atoms with Gasteiger partial charge in [-0.2, -0.15) is 10.3 Å². The molecule has 1 aromatic carbocycles. The Morgan fingerprint density at radius 1 is 1.33 bits per heavy atom. The maximum atomic E-state index is 12.0. The number of nitriles is 1. The number of amides is 1. The van der Waals surface area contributed by atoms with Gasteiger partial charge < -0.3 is 11.5 Å². The van der Waals surface area contributed by atoms with Crippen molar-refractivity contribution in [3.05, 3.63) is 28.8 Å². The lowest BCUT2D eigenvalue weighted by Gasteiger charge is -2.14. The number of benzene rings is 1. The number of nitrogens with zero attached hydrogens (tertiary/aromatic N) is 2. The van der Waals surface area contributed by atoms with Gasteiger partial charge in [0.15, 0.2) is 15.8 Å². The fourth-order valence-electron chi connectivity index (χ4n) is 1.92. The molecule has 112 valence electrons. The van der Waals surface area contributed by atoms with Crippen molar-refractivity contribution in [2.75, 3.05) is 6.26 Å². The zero-order valence-corrected chi connectivity index (χ0v) is 12.7. The van der Waals surface area contributed by atoms with Gasteiger partial charge in [-0.05, 0) is 17.5 Å². The van der Waals surface area contributed by atoms with Gasteiger partial charge in [-0.15, -0.1) is 0 Å². The van der Waals surface area contributed by atoms with Gasteiger partial charge in [0.2, 0.25) is 0 Å². The molecule has 0 aliphatic heterocycles. The molecule has 0 aromatic heterocycles. The number of hydrogen-bond donors (Lipinski definition) is 2. The van der Waals surface area contributed by atoms with Crippen molar-refractivity contribution in [1.82, 2.24) is 0 Å². The second kappa shape index (κ2) is 5.93. The molecule has 0 saturated heterocycles. The van der Waals surface area contributed by atoms with Crippen molar-refractivity contribution in [3.8, 4) is 6.07 Å². The van der Waals surface area contributed by atoms with Crippen molar-refractivity contribution in [1.29, 1.82) is 5.26 Å². The minimum atomic E-state index is -3.69. The summed E-state index contributed by atoms with van der Waals surface area (Å²) < 4.78 is 24.0. The number of hydrogen-bond acceptors (Lipinski definition) is 4. The van der Waals surface area contributed by atoms with Gasteiger partial charge >= 0.3 is 0 Å². The highest BCUT2D eigenvalue weighted by molar-refractivity contribution is 7.90. The highest BCUT2D eigenvalue weighted by Gasteiger charge is 2.25. The van der Waals surface area contributed by atoms with Gasteiger partial charge in [-0.1, -0.05) is 19.9 Å². The van der Waals surface area contributed by atoms with E-state index in [9.17, 15) is 18.5 Å². The molecule has 1 rings (SSSR count). The molecule has 7 nitrogen and oxygen atoms in total. The van der Waals surface area contributed by atoms with Crippen LogP contribution in [0.5, 0.6) is 0 Å². The zero-order valence-electron chi connectivity index (χ0n) is 11.9. The fourth-order valence-corrected chi connectivity index (χ4v) is 3.18. The second-order valence-corrected chi connectivity index (χ2v) is 6.74. The Balaban J connectivity index is 3.79. The molecule has 0 unspecified atom stereocenters. The maximum absolute atomic E-state index is 12.0. The van der Waals surface area contributed by atoms with Gasteiger partial charge in [0.05, 0.1) is 16.0 Å². The maximum Gasteiger partial charge on any atom is 0.281 e. The Kier molecular flexibility index (Phi) is 4.70. The summed E-state index contributed by atoms with van der Waals surface area (Å²) in [6.07, 6.45) is 0.990. The molecule has 0 saturated carbocycles. The van der Waals surface area contributed by atoms with Crippen molar-refractivity contribution in [3.63, 3.8) is 0 Å². The third kappa shape index (κ3) is 3.58. The Bertz CT molecular complexity index is 754. The Hall–Kier alpha value is -2.40. The van der Waals surface area contributed by atoms with Crippen molar-refractivity contribution in [2.24, 2.45) is 16.5 Å². The number of guanidine groups is 1. The third-order valence-corrected chi connectivity index (χ3v) is 3.94. The Morgan fingerprint density at radius 2 is 1.90 bits per heavy atom. The lowest BCUT2D eigenvalue weighted by molar-refractivity contribution is 0.100. The first-order valence-corrected chi connectivity index (χ1v) is 7.89. The van der Waals surface area contributed by atoms with Crippen LogP contribution in [0.25, 0.3) is 0 Å². The van der Waals surface area contributed by atoms with Crippen LogP contribution in [-0.4, -0.2) is 26.5 Å². The molecule has 1 aromatic rings. The number of sulfone groups is 1. The van der Waals surface area contributed by atoms with Crippen LogP contribution in [0.4, 0.5) is 0 Å². The lowest BCUT2D eigenvalue weighted by Crippen LogP contribution is -2.24. The average Bonchev–Trinajstić information content (AvgIpc) is 2.34. The SMILES string of the molecule is CC(C)c1ccc(C(=O)N=C(N)N)c(C#N)c1S(C)(=O)=O. The molecule has 4 N–H and O–H groups in total. The van der Waals surface area contributed by atoms with Crippen LogP contribution in [0.3, 0.4) is 0 Å². The molecule has 0 radical (unpaired) electrons. The zero-order chi connectivity index (χ0) is 16.4. The topological polar surface area (TPSA) is 139 Å². The predicted molar refractivity (Wildman–Crippen MR) is 78.5 cm³/mol. The summed E-state index contributed by atoms with van der Waals surface area (Å²) in [5, 5.41) is 9.27. The van der Waals surface area contributed by atoms with E-state index in [1.54, 1.807) is 19.9 Å². The van der Waals surface area contributed by atoms with E-state index in [2.05, 4.69) is 4.99 Å². The van der Waals surface area contributed by atoms with E-state index in [1.807, 2.05) is 0 Å². The first-order valence-electron chi connectivity index (χ1n) is 6.00. The third-order valence-electron chi connectivity index (χ3n) is 2.75. The predicted octanol–water partition coefficient (Wildman–Crippen LogP) is 0.499. The van der Waals surface area contributed by atoms with Crippen LogP contribution >= 0.6 is 0 Å². The quantitative estimate of drug-likeness (QED) is 0.615. The molecule has 0 atom stereocenters. The smallest absolute Gasteiger partial charge is 0.281 e. The van der Waals surface area contributed by atoms with Crippen LogP contribution in [0.1, 0.15) is 41.3 Å². The first-order chi connectivity index (χ1) is 9.59. The summed E-state index contributed by atoms with van der Waals surface area (Å²) in [6, 6.07) is 4.63. The molecule has 0 spiro atoms. The Morgan fingerprint density at radius 3 is 2.29 bits per heavy atom. The standard InChI is InChI=1S/C13H16N4O3S/c1-7(2)8-4-5-9(12(18)17-13(15)16)10(6-14)11(8)21(3,19)20/h4-5,7H,1-3H3,(H4,15,16,17,18). The number of carbonyl (C=O) groups excluding carboxylic acids is 1. The van der Waals surface area contributed by atoms with Gasteiger partial charge in [0, 0.05) is 6.26 Å². The number of nitrogens with two attached hydrogens (primary N) is 2. The molecular formula is C13H16N4O3S. The molecule has 0 aliphatic carbocycles. The normalized spacial score (nSPS) is 11.0. The summed E-state index contributed by atoms with van der Waals surface area (Å²) in [5.74, 6) is -1.45. The minimum absolute atomic E-state index is 0.131. The van der Waals surface area contributed by atoms with E-state index < -0.39 is 21.7 Å². The average molecular weight is 308 g/mol. The molecule has 8 heteroatoms. The summed E-state index contributed by atoms with van der Waals surface area (Å²) >= 11 is 0. The van der Waals surface area contributed by atoms with E-state index in [0.717, 1.165) is 6.26 Å². The summed E-state index contributed by atoms with van der Waals surface area (Å²) in [6.45, 7) is 3.59. The van der Waals surface area contributed by atoms with Gasteiger partial charge in [0.25, 0.3) is 5.91 Å². The number of aliphatic imine (C=N–C) groups is 1. The summed E-state index contributed by atoms with van der Waals surface area (Å²) in [5.41, 5.74) is 10.3. The van der Waals surface area contributed by atoms with E-state index in [0.29, 0.717) is 5.56 Å². The van der Waals surface area contributed by atoms with Crippen LogP contribution in [0.15, 0.2) is 22.0 Å². The first kappa shape index (κ1) is 16.7. The fraction of sp³-hybridized carbons (Fsp3) is 0.308. The van der Waals surface area contributed by atoms with Crippen molar-refractivity contribution < 1.29 is 13.2 Å². The molecule has 1 amide bonds. The highest BCUT2D eigenvalue weighted by Crippen LogP contribution is 2.29. The van der Waals surface area contributed by atoms with Crippen LogP contribution in [0.2, 0.25) is 0 Å². The molecule has 0 heterocycles. The minimum Gasteiger partial charge on any atom is -0.370 e. The van der Waals surface area contributed by atoms with Crippen molar-refractivity contribution in [2.45, 2.75) is 24.7 Å². The van der Waals surface area contributed by atoms with Crippen LogP contribution < -0.4 is 11.5 Å². The van der Waals surface area contributed by atoms with Gasteiger partial charge in [-0.25, -0.2) is 8.42 Å². The lowest BCUT2D eigenvalue weighted by atomic mass is 9.97. The summed E-state index contributed by atoms with van der Waals surface area (Å²) in [4.78, 5) is 15.1. The van der Waals surface area contributed by atoms with E-state index in [1.165, 1.54) is 12.1 Å². The van der Waals surface area contributed by atoms with E-state index >= 15 is 0 Å². The number of carbonyl (C=O) groups is 1. The van der Waals surface area contributed by atoms with Crippen LogP contribution in [0, 0.1) is 11.3 Å². The highest BCUT2D eigenvalue weighted by atomic mass is 32.2. The second-order valence-electron chi connectivity index (χ2n) is 4.79. The van der Waals surface area contributed by atoms with E-state index in [-0.39, 0.29) is 21.9 Å². The monoisotopic (exact) mass is 308 g/mol. The summed E-state index contributed by atoms with van der Waals surface area (Å²) in [7, 11) is -3.69. The van der Waals surface area contributed by atoms with Crippen molar-refractivity contribution >= 4 is 21.7 Å². The van der Waals surface area contributed by atoms with E-state index in [4.69, 9.17) is 11.5 Å². The molecule has 21 heavy (non-hydrogen) atoms.